The quantitative estimate of drug-likeness (QED) is 0.578. The van der Waals surface area contributed by atoms with Crippen LogP contribution in [0, 0.1) is 0 Å². The minimum absolute atomic E-state index is 0.239. The summed E-state index contributed by atoms with van der Waals surface area (Å²) in [7, 11) is -3.42. The van der Waals surface area contributed by atoms with Crippen LogP contribution in [0.2, 0.25) is 0 Å². The zero-order chi connectivity index (χ0) is 18.0. The number of thioether (sulfide) groups is 1. The average molecular weight is 409 g/mol. The van der Waals surface area contributed by atoms with Gasteiger partial charge in [-0.2, -0.15) is 20.6 Å². The molecule has 0 aliphatic carbocycles. The zero-order valence-electron chi connectivity index (χ0n) is 13.7. The average Bonchev–Trinajstić information content (AvgIpc) is 3.42. The van der Waals surface area contributed by atoms with Gasteiger partial charge >= 0.3 is 0 Å². The molecule has 0 radical (unpaired) electrons. The summed E-state index contributed by atoms with van der Waals surface area (Å²) < 4.78 is 31.7. The number of aromatic nitrogens is 3. The Kier molecular flexibility index (Phi) is 5.07. The first-order valence-electron chi connectivity index (χ1n) is 8.07. The standard InChI is InChI=1S/C16H16N4O3S3/c21-26(22,20-6-1-2-7-20)13-3-4-15(17-9-13)25-11-14-18-16(23-19-14)12-5-8-24-10-12/h3-5,8-10H,1-2,6-7,11H2. The smallest absolute Gasteiger partial charge is 0.258 e. The SMILES string of the molecule is O=S(=O)(c1ccc(SCc2noc(-c3ccsc3)n2)nc1)N1CCCC1. The summed E-state index contributed by atoms with van der Waals surface area (Å²) in [4.78, 5) is 8.85. The molecule has 0 saturated carbocycles. The molecule has 10 heteroatoms. The van der Waals surface area contributed by atoms with Crippen molar-refractivity contribution < 1.29 is 12.9 Å². The lowest BCUT2D eigenvalue weighted by molar-refractivity contribution is 0.425. The summed E-state index contributed by atoms with van der Waals surface area (Å²) in [5.41, 5.74) is 0.911. The molecule has 136 valence electrons. The van der Waals surface area contributed by atoms with Gasteiger partial charge in [-0.25, -0.2) is 13.4 Å². The van der Waals surface area contributed by atoms with Gasteiger partial charge in [-0.05, 0) is 36.4 Å². The maximum atomic E-state index is 12.5. The van der Waals surface area contributed by atoms with Gasteiger partial charge in [-0.3, -0.25) is 0 Å². The van der Waals surface area contributed by atoms with Crippen molar-refractivity contribution in [3.05, 3.63) is 41.0 Å². The zero-order valence-corrected chi connectivity index (χ0v) is 16.2. The first-order chi connectivity index (χ1) is 12.6. The molecule has 1 aliphatic rings. The third-order valence-electron chi connectivity index (χ3n) is 4.00. The van der Waals surface area contributed by atoms with E-state index in [1.807, 2.05) is 16.8 Å². The summed E-state index contributed by atoms with van der Waals surface area (Å²) >= 11 is 3.00. The second kappa shape index (κ2) is 7.47. The van der Waals surface area contributed by atoms with Gasteiger partial charge in [0.25, 0.3) is 5.89 Å². The van der Waals surface area contributed by atoms with Crippen molar-refractivity contribution >= 4 is 33.1 Å². The molecule has 1 fully saturated rings. The van der Waals surface area contributed by atoms with Crippen molar-refractivity contribution in [2.45, 2.75) is 28.5 Å². The Morgan fingerprint density at radius 3 is 2.77 bits per heavy atom. The lowest BCUT2D eigenvalue weighted by Crippen LogP contribution is -2.27. The Morgan fingerprint density at radius 2 is 2.08 bits per heavy atom. The Bertz CT molecular complexity index is 963. The van der Waals surface area contributed by atoms with Gasteiger partial charge in [0, 0.05) is 24.7 Å². The maximum absolute atomic E-state index is 12.5. The predicted octanol–water partition coefficient (Wildman–Crippen LogP) is 3.27. The van der Waals surface area contributed by atoms with Gasteiger partial charge in [-0.1, -0.05) is 16.9 Å². The van der Waals surface area contributed by atoms with E-state index in [1.54, 1.807) is 23.5 Å². The Labute approximate surface area is 159 Å². The minimum Gasteiger partial charge on any atom is -0.334 e. The van der Waals surface area contributed by atoms with Crippen LogP contribution in [0.25, 0.3) is 11.5 Å². The molecule has 0 unspecified atom stereocenters. The van der Waals surface area contributed by atoms with Crippen molar-refractivity contribution in [2.24, 2.45) is 0 Å². The van der Waals surface area contributed by atoms with Crippen molar-refractivity contribution in [2.75, 3.05) is 13.1 Å². The molecular weight excluding hydrogens is 392 g/mol. The van der Waals surface area contributed by atoms with Gasteiger partial charge in [0.05, 0.1) is 16.3 Å². The predicted molar refractivity (Wildman–Crippen MR) is 99.4 cm³/mol. The molecule has 0 amide bonds. The van der Waals surface area contributed by atoms with E-state index in [9.17, 15) is 8.42 Å². The number of nitrogens with zero attached hydrogens (tertiary/aromatic N) is 4. The van der Waals surface area contributed by atoms with Crippen molar-refractivity contribution in [3.63, 3.8) is 0 Å². The molecule has 0 bridgehead atoms. The van der Waals surface area contributed by atoms with E-state index < -0.39 is 10.0 Å². The molecule has 7 nitrogen and oxygen atoms in total. The summed E-state index contributed by atoms with van der Waals surface area (Å²) in [5, 5.41) is 8.58. The lowest BCUT2D eigenvalue weighted by Gasteiger charge is -2.15. The molecule has 4 rings (SSSR count). The molecule has 0 spiro atoms. The molecular formula is C16H16N4O3S3. The van der Waals surface area contributed by atoms with Crippen LogP contribution in [0.4, 0.5) is 0 Å². The van der Waals surface area contributed by atoms with Crippen LogP contribution < -0.4 is 0 Å². The van der Waals surface area contributed by atoms with E-state index in [1.165, 1.54) is 22.3 Å². The fourth-order valence-corrected chi connectivity index (χ4v) is 5.42. The highest BCUT2D eigenvalue weighted by molar-refractivity contribution is 7.98. The number of sulfonamides is 1. The van der Waals surface area contributed by atoms with Crippen molar-refractivity contribution in [1.29, 1.82) is 0 Å². The summed E-state index contributed by atoms with van der Waals surface area (Å²) in [6.45, 7) is 1.17. The second-order valence-corrected chi connectivity index (χ2v) is 9.47. The fourth-order valence-electron chi connectivity index (χ4n) is 2.64. The fraction of sp³-hybridized carbons (Fsp3) is 0.312. The van der Waals surface area contributed by atoms with Crippen LogP contribution in [-0.4, -0.2) is 40.9 Å². The van der Waals surface area contributed by atoms with Gasteiger partial charge < -0.3 is 4.52 Å². The van der Waals surface area contributed by atoms with E-state index >= 15 is 0 Å². The van der Waals surface area contributed by atoms with E-state index in [2.05, 4.69) is 15.1 Å². The maximum Gasteiger partial charge on any atom is 0.258 e. The van der Waals surface area contributed by atoms with Gasteiger partial charge in [0.2, 0.25) is 10.0 Å². The highest BCUT2D eigenvalue weighted by Crippen LogP contribution is 2.25. The van der Waals surface area contributed by atoms with Gasteiger partial charge in [0.1, 0.15) is 4.90 Å². The molecule has 1 saturated heterocycles. The summed E-state index contributed by atoms with van der Waals surface area (Å²) in [5.74, 6) is 1.58. The third-order valence-corrected chi connectivity index (χ3v) is 7.50. The van der Waals surface area contributed by atoms with Crippen LogP contribution in [0.3, 0.4) is 0 Å². The van der Waals surface area contributed by atoms with E-state index in [-0.39, 0.29) is 4.90 Å². The van der Waals surface area contributed by atoms with Gasteiger partial charge in [0.15, 0.2) is 5.82 Å². The summed E-state index contributed by atoms with van der Waals surface area (Å²) in [6.07, 6.45) is 3.25. The largest absolute Gasteiger partial charge is 0.334 e. The number of rotatable bonds is 6. The molecule has 26 heavy (non-hydrogen) atoms. The van der Waals surface area contributed by atoms with Crippen LogP contribution in [0.15, 0.2) is 49.6 Å². The second-order valence-electron chi connectivity index (χ2n) is 5.76. The highest BCUT2D eigenvalue weighted by Gasteiger charge is 2.27. The molecule has 3 aromatic heterocycles. The molecule has 0 aromatic carbocycles. The van der Waals surface area contributed by atoms with E-state index in [4.69, 9.17) is 4.52 Å². The monoisotopic (exact) mass is 408 g/mol. The first-order valence-corrected chi connectivity index (χ1v) is 11.4. The van der Waals surface area contributed by atoms with Crippen molar-refractivity contribution in [3.8, 4) is 11.5 Å². The first kappa shape index (κ1) is 17.7. The number of hydrogen-bond acceptors (Lipinski definition) is 8. The number of pyridine rings is 1. The Balaban J connectivity index is 1.40. The van der Waals surface area contributed by atoms with Crippen LogP contribution in [-0.2, 0) is 15.8 Å². The lowest BCUT2D eigenvalue weighted by atomic mass is 10.3. The summed E-state index contributed by atoms with van der Waals surface area (Å²) in [6, 6.07) is 5.25. The van der Waals surface area contributed by atoms with Crippen molar-refractivity contribution in [1.82, 2.24) is 19.4 Å². The highest BCUT2D eigenvalue weighted by atomic mass is 32.2. The normalized spacial score (nSPS) is 15.5. The Morgan fingerprint density at radius 1 is 1.23 bits per heavy atom. The minimum atomic E-state index is -3.42. The molecule has 0 N–H and O–H groups in total. The number of thiophene rings is 1. The van der Waals surface area contributed by atoms with Crippen LogP contribution in [0.5, 0.6) is 0 Å². The molecule has 4 heterocycles. The molecule has 3 aromatic rings. The number of hydrogen-bond donors (Lipinski definition) is 0. The van der Waals surface area contributed by atoms with Crippen LogP contribution in [0.1, 0.15) is 18.7 Å². The molecule has 1 aliphatic heterocycles. The molecule has 0 atom stereocenters. The van der Waals surface area contributed by atoms with E-state index in [0.717, 1.165) is 18.4 Å². The van der Waals surface area contributed by atoms with Gasteiger partial charge in [-0.15, -0.1) is 0 Å². The van der Waals surface area contributed by atoms with E-state index in [0.29, 0.717) is 35.6 Å². The topological polar surface area (TPSA) is 89.2 Å². The Hall–Kier alpha value is -1.75. The third kappa shape index (κ3) is 3.68. The van der Waals surface area contributed by atoms with Crippen LogP contribution >= 0.6 is 23.1 Å².